The zero-order valence-electron chi connectivity index (χ0n) is 12.2. The van der Waals surface area contributed by atoms with E-state index in [0.717, 1.165) is 17.8 Å². The summed E-state index contributed by atoms with van der Waals surface area (Å²) in [4.78, 5) is 25.3. The number of anilines is 1. The molecule has 0 bridgehead atoms. The van der Waals surface area contributed by atoms with Crippen LogP contribution in [-0.2, 0) is 14.3 Å². The van der Waals surface area contributed by atoms with Crippen LogP contribution in [0.15, 0.2) is 24.3 Å². The monoisotopic (exact) mass is 291 g/mol. The van der Waals surface area contributed by atoms with Crippen molar-refractivity contribution in [2.75, 3.05) is 31.1 Å². The molecule has 1 aromatic rings. The molecule has 1 heterocycles. The number of ether oxygens (including phenoxy) is 1. The Morgan fingerprint density at radius 1 is 1.48 bits per heavy atom. The summed E-state index contributed by atoms with van der Waals surface area (Å²) in [7, 11) is 0. The first kappa shape index (κ1) is 15.5. The Hall–Kier alpha value is -1.92. The Labute approximate surface area is 124 Å². The Balaban J connectivity index is 2.18. The minimum Gasteiger partial charge on any atom is -0.370 e. The highest BCUT2D eigenvalue weighted by atomic mass is 16.5. The van der Waals surface area contributed by atoms with Gasteiger partial charge in [0.25, 0.3) is 5.91 Å². The van der Waals surface area contributed by atoms with Gasteiger partial charge in [-0.2, -0.15) is 0 Å². The van der Waals surface area contributed by atoms with Crippen molar-refractivity contribution in [2.24, 2.45) is 5.73 Å². The van der Waals surface area contributed by atoms with E-state index in [9.17, 15) is 9.59 Å². The van der Waals surface area contributed by atoms with Crippen molar-refractivity contribution in [3.05, 3.63) is 29.8 Å². The Kier molecular flexibility index (Phi) is 5.30. The number of nitrogens with one attached hydrogen (secondary N) is 1. The number of morpholine rings is 1. The summed E-state index contributed by atoms with van der Waals surface area (Å²) < 4.78 is 5.51. The number of primary amides is 1. The lowest BCUT2D eigenvalue weighted by atomic mass is 10.1. The number of aryl methyl sites for hydroxylation is 1. The van der Waals surface area contributed by atoms with Gasteiger partial charge in [0.1, 0.15) is 6.10 Å². The Morgan fingerprint density at radius 3 is 2.90 bits per heavy atom. The van der Waals surface area contributed by atoms with E-state index in [-0.39, 0.29) is 18.9 Å². The van der Waals surface area contributed by atoms with Crippen molar-refractivity contribution in [3.8, 4) is 0 Å². The third-order valence-corrected chi connectivity index (χ3v) is 3.36. The van der Waals surface area contributed by atoms with Crippen LogP contribution in [0.1, 0.15) is 12.0 Å². The van der Waals surface area contributed by atoms with Crippen LogP contribution in [0.25, 0.3) is 0 Å². The number of hydrogen-bond donors (Lipinski definition) is 2. The summed E-state index contributed by atoms with van der Waals surface area (Å²) >= 11 is 0. The van der Waals surface area contributed by atoms with Gasteiger partial charge >= 0.3 is 0 Å². The largest absolute Gasteiger partial charge is 0.370 e. The first-order chi connectivity index (χ1) is 10.1. The van der Waals surface area contributed by atoms with Gasteiger partial charge in [-0.25, -0.2) is 0 Å². The van der Waals surface area contributed by atoms with Gasteiger partial charge in [-0.05, 0) is 24.6 Å². The fourth-order valence-electron chi connectivity index (χ4n) is 2.28. The van der Waals surface area contributed by atoms with Gasteiger partial charge in [-0.15, -0.1) is 0 Å². The van der Waals surface area contributed by atoms with E-state index in [0.29, 0.717) is 13.2 Å². The minimum atomic E-state index is -0.521. The second kappa shape index (κ2) is 7.19. The second-order valence-corrected chi connectivity index (χ2v) is 5.11. The van der Waals surface area contributed by atoms with Crippen molar-refractivity contribution >= 4 is 17.5 Å². The van der Waals surface area contributed by atoms with Crippen LogP contribution >= 0.6 is 0 Å². The average Bonchev–Trinajstić information content (AvgIpc) is 2.48. The number of nitrogens with zero attached hydrogens (tertiary/aromatic N) is 1. The molecular formula is C15H21N3O3. The van der Waals surface area contributed by atoms with Crippen LogP contribution in [0.3, 0.4) is 0 Å². The summed E-state index contributed by atoms with van der Waals surface area (Å²) in [6, 6.07) is 7.60. The summed E-state index contributed by atoms with van der Waals surface area (Å²) in [5.74, 6) is -0.572. The minimum absolute atomic E-state index is 0.125. The molecule has 6 heteroatoms. The third-order valence-electron chi connectivity index (χ3n) is 3.36. The maximum Gasteiger partial charge on any atom is 0.257 e. The lowest BCUT2D eigenvalue weighted by molar-refractivity contribution is -0.131. The van der Waals surface area contributed by atoms with Crippen LogP contribution in [0.5, 0.6) is 0 Å². The summed E-state index contributed by atoms with van der Waals surface area (Å²) in [5.41, 5.74) is 7.01. The molecule has 0 aromatic heterocycles. The van der Waals surface area contributed by atoms with Gasteiger partial charge in [0.05, 0.1) is 6.61 Å². The number of benzene rings is 1. The molecule has 1 aliphatic heterocycles. The van der Waals surface area contributed by atoms with Crippen LogP contribution in [0.2, 0.25) is 0 Å². The molecule has 0 spiro atoms. The molecule has 2 amide bonds. The molecule has 21 heavy (non-hydrogen) atoms. The van der Waals surface area contributed by atoms with Gasteiger partial charge in [-0.1, -0.05) is 12.1 Å². The molecule has 1 atom stereocenters. The molecule has 1 saturated heterocycles. The number of rotatable bonds is 5. The van der Waals surface area contributed by atoms with Gasteiger partial charge in [0, 0.05) is 31.7 Å². The molecule has 6 nitrogen and oxygen atoms in total. The molecule has 1 aromatic carbocycles. The van der Waals surface area contributed by atoms with Crippen LogP contribution in [-0.4, -0.2) is 44.2 Å². The van der Waals surface area contributed by atoms with Gasteiger partial charge in [0.2, 0.25) is 5.91 Å². The average molecular weight is 291 g/mol. The van der Waals surface area contributed by atoms with E-state index < -0.39 is 12.0 Å². The smallest absolute Gasteiger partial charge is 0.257 e. The maximum atomic E-state index is 12.6. The van der Waals surface area contributed by atoms with E-state index in [1.165, 1.54) is 0 Å². The molecule has 3 N–H and O–H groups in total. The number of amides is 2. The topological polar surface area (TPSA) is 84.7 Å². The lowest BCUT2D eigenvalue weighted by Gasteiger charge is -2.30. The molecule has 2 rings (SSSR count). The SMILES string of the molecule is Cc1cccc(N(CCC(N)=O)C(=O)C2CNCCO2)c1. The standard InChI is InChI=1S/C15H21N3O3/c1-11-3-2-4-12(9-11)18(7-5-14(16)19)15(20)13-10-17-6-8-21-13/h2-4,9,13,17H,5-8,10H2,1H3,(H2,16,19). The normalized spacial score (nSPS) is 18.2. The molecule has 0 saturated carbocycles. The first-order valence-electron chi connectivity index (χ1n) is 7.06. The van der Waals surface area contributed by atoms with Gasteiger partial charge < -0.3 is 20.7 Å². The van der Waals surface area contributed by atoms with Gasteiger partial charge in [0.15, 0.2) is 0 Å². The van der Waals surface area contributed by atoms with E-state index in [1.54, 1.807) is 4.90 Å². The number of carbonyl (C=O) groups excluding carboxylic acids is 2. The third kappa shape index (κ3) is 4.27. The Morgan fingerprint density at radius 2 is 2.29 bits per heavy atom. The first-order valence-corrected chi connectivity index (χ1v) is 7.06. The zero-order valence-corrected chi connectivity index (χ0v) is 12.2. The van der Waals surface area contributed by atoms with Crippen molar-refractivity contribution < 1.29 is 14.3 Å². The Bertz CT molecular complexity index is 513. The fraction of sp³-hybridized carbons (Fsp3) is 0.467. The van der Waals surface area contributed by atoms with Crippen LogP contribution in [0.4, 0.5) is 5.69 Å². The van der Waals surface area contributed by atoms with E-state index >= 15 is 0 Å². The van der Waals surface area contributed by atoms with Crippen molar-refractivity contribution in [2.45, 2.75) is 19.4 Å². The zero-order chi connectivity index (χ0) is 15.2. The van der Waals surface area contributed by atoms with E-state index in [1.807, 2.05) is 31.2 Å². The lowest BCUT2D eigenvalue weighted by Crippen LogP contribution is -2.50. The molecule has 114 valence electrons. The maximum absolute atomic E-state index is 12.6. The number of hydrogen-bond acceptors (Lipinski definition) is 4. The van der Waals surface area contributed by atoms with Crippen molar-refractivity contribution in [1.29, 1.82) is 0 Å². The summed E-state index contributed by atoms with van der Waals surface area (Å²) in [5, 5.41) is 3.13. The second-order valence-electron chi connectivity index (χ2n) is 5.11. The highest BCUT2D eigenvalue weighted by Gasteiger charge is 2.28. The van der Waals surface area contributed by atoms with E-state index in [4.69, 9.17) is 10.5 Å². The van der Waals surface area contributed by atoms with Crippen LogP contribution < -0.4 is 16.0 Å². The number of nitrogens with two attached hydrogens (primary N) is 1. The predicted octanol–water partition coefficient (Wildman–Crippen LogP) is 0.192. The van der Waals surface area contributed by atoms with Gasteiger partial charge in [-0.3, -0.25) is 9.59 Å². The van der Waals surface area contributed by atoms with E-state index in [2.05, 4.69) is 5.32 Å². The molecule has 0 radical (unpaired) electrons. The van der Waals surface area contributed by atoms with Crippen LogP contribution in [0, 0.1) is 6.92 Å². The highest BCUT2D eigenvalue weighted by molar-refractivity contribution is 5.97. The quantitative estimate of drug-likeness (QED) is 0.811. The summed E-state index contributed by atoms with van der Waals surface area (Å²) in [6.07, 6.45) is -0.396. The van der Waals surface area contributed by atoms with Crippen molar-refractivity contribution in [1.82, 2.24) is 5.32 Å². The van der Waals surface area contributed by atoms with Crippen molar-refractivity contribution in [3.63, 3.8) is 0 Å². The molecule has 1 aliphatic rings. The molecular weight excluding hydrogens is 270 g/mol. The number of carbonyl (C=O) groups is 2. The predicted molar refractivity (Wildman–Crippen MR) is 80.0 cm³/mol. The highest BCUT2D eigenvalue weighted by Crippen LogP contribution is 2.18. The molecule has 1 unspecified atom stereocenters. The molecule has 0 aliphatic carbocycles. The fourth-order valence-corrected chi connectivity index (χ4v) is 2.28. The molecule has 1 fully saturated rings. The summed E-state index contributed by atoms with van der Waals surface area (Å²) in [6.45, 7) is 3.96.